The number of benzene rings is 2. The molecule has 1 amide bonds. The smallest absolute Gasteiger partial charge is 0.255 e. The molecule has 2 aliphatic heterocycles. The summed E-state index contributed by atoms with van der Waals surface area (Å²) in [6, 6.07) is 17.1. The number of aromatic nitrogens is 3. The van der Waals surface area contributed by atoms with Crippen molar-refractivity contribution in [2.45, 2.75) is 18.5 Å². The van der Waals surface area contributed by atoms with Gasteiger partial charge in [-0.05, 0) is 35.7 Å². The van der Waals surface area contributed by atoms with E-state index in [1.165, 1.54) is 6.39 Å². The summed E-state index contributed by atoms with van der Waals surface area (Å²) in [5.41, 5.74) is 4.86. The number of fused-ring (bicyclic) bond motifs is 3. The van der Waals surface area contributed by atoms with Gasteiger partial charge in [0, 0.05) is 30.1 Å². The molecule has 1 unspecified atom stereocenters. The summed E-state index contributed by atoms with van der Waals surface area (Å²) in [4.78, 5) is 19.2. The van der Waals surface area contributed by atoms with Crippen molar-refractivity contribution in [3.8, 4) is 11.5 Å². The van der Waals surface area contributed by atoms with Crippen molar-refractivity contribution in [2.75, 3.05) is 23.8 Å². The number of hydrogen-bond acceptors (Lipinski definition) is 8. The zero-order chi connectivity index (χ0) is 24.5. The van der Waals surface area contributed by atoms with E-state index in [-0.39, 0.29) is 24.6 Å². The zero-order valence-corrected chi connectivity index (χ0v) is 19.3. The van der Waals surface area contributed by atoms with Gasteiger partial charge in [0.05, 0.1) is 29.9 Å². The molecule has 0 aliphatic carbocycles. The van der Waals surface area contributed by atoms with E-state index in [1.54, 1.807) is 6.20 Å². The van der Waals surface area contributed by atoms with Gasteiger partial charge in [-0.15, -0.1) is 10.2 Å². The lowest BCUT2D eigenvalue weighted by molar-refractivity contribution is 0.0741. The average Bonchev–Trinajstić information content (AvgIpc) is 3.55. The van der Waals surface area contributed by atoms with Gasteiger partial charge in [-0.1, -0.05) is 42.5 Å². The highest BCUT2D eigenvalue weighted by Gasteiger charge is 2.36. The third kappa shape index (κ3) is 3.99. The van der Waals surface area contributed by atoms with Crippen molar-refractivity contribution in [3.05, 3.63) is 96.0 Å². The van der Waals surface area contributed by atoms with Crippen LogP contribution in [0, 0.1) is 0 Å². The normalized spacial score (nSPS) is 17.0. The van der Waals surface area contributed by atoms with Gasteiger partial charge in [0.2, 0.25) is 6.39 Å². The molecule has 0 bridgehead atoms. The molecule has 4 heterocycles. The maximum atomic E-state index is 12.8. The number of pyridine rings is 1. The van der Waals surface area contributed by atoms with Crippen molar-refractivity contribution in [2.24, 2.45) is 0 Å². The van der Waals surface area contributed by atoms with Gasteiger partial charge in [-0.3, -0.25) is 4.79 Å². The molecule has 3 N–H and O–H groups in total. The first-order chi connectivity index (χ1) is 17.7. The second-order valence-corrected chi connectivity index (χ2v) is 8.76. The van der Waals surface area contributed by atoms with Crippen molar-refractivity contribution in [1.82, 2.24) is 20.1 Å². The van der Waals surface area contributed by atoms with E-state index in [1.807, 2.05) is 65.6 Å². The number of aliphatic hydroxyl groups is 1. The molecule has 0 fully saturated rings. The number of anilines is 3. The van der Waals surface area contributed by atoms with Crippen molar-refractivity contribution in [3.63, 3.8) is 0 Å². The largest absolute Gasteiger partial charge is 0.423 e. The number of carbonyl (C=O) groups excluding carboxylic acids is 1. The quantitative estimate of drug-likeness (QED) is 0.332. The minimum absolute atomic E-state index is 0.0699. The Balaban J connectivity index is 1.32. The molecule has 180 valence electrons. The van der Waals surface area contributed by atoms with Crippen LogP contribution in [0.4, 0.5) is 17.2 Å². The number of aliphatic hydroxyl groups excluding tert-OH is 1. The maximum absolute atomic E-state index is 12.8. The molecule has 2 atom stereocenters. The lowest BCUT2D eigenvalue weighted by atomic mass is 10.00. The summed E-state index contributed by atoms with van der Waals surface area (Å²) in [6.07, 6.45) is 7.90. The Morgan fingerprint density at radius 2 is 2.00 bits per heavy atom. The van der Waals surface area contributed by atoms with E-state index in [9.17, 15) is 9.90 Å². The Labute approximate surface area is 207 Å². The summed E-state index contributed by atoms with van der Waals surface area (Å²) in [5, 5.41) is 24.7. The van der Waals surface area contributed by atoms with Gasteiger partial charge in [0.25, 0.3) is 11.8 Å². The van der Waals surface area contributed by atoms with E-state index in [0.717, 1.165) is 28.8 Å². The SMILES string of the molecule is O=C1c2ccc(Nc3cc(N[C@H](CO)c4ccccc4)c(-c4nnco4)cn3)cc2C2CC=CCN12. The summed E-state index contributed by atoms with van der Waals surface area (Å²) in [6.45, 7) is 0.533. The van der Waals surface area contributed by atoms with Gasteiger partial charge in [-0.25, -0.2) is 4.98 Å². The van der Waals surface area contributed by atoms with Gasteiger partial charge >= 0.3 is 0 Å². The Hall–Kier alpha value is -4.50. The molecule has 36 heavy (non-hydrogen) atoms. The van der Waals surface area contributed by atoms with E-state index in [2.05, 4.69) is 31.9 Å². The fourth-order valence-electron chi connectivity index (χ4n) is 4.81. The van der Waals surface area contributed by atoms with E-state index in [4.69, 9.17) is 4.42 Å². The molecule has 4 aromatic rings. The second kappa shape index (κ2) is 9.27. The first-order valence-electron chi connectivity index (χ1n) is 11.8. The van der Waals surface area contributed by atoms with Gasteiger partial charge < -0.3 is 25.1 Å². The molecule has 0 saturated carbocycles. The Kier molecular flexibility index (Phi) is 5.67. The predicted octanol–water partition coefficient (Wildman–Crippen LogP) is 4.48. The minimum Gasteiger partial charge on any atom is -0.423 e. The molecule has 2 aromatic heterocycles. The Morgan fingerprint density at radius 3 is 2.81 bits per heavy atom. The standard InChI is InChI=1S/C27H24N6O3/c34-15-23(17-6-2-1-3-7-17)31-22-13-25(28-14-21(22)26-32-29-16-36-26)30-18-9-10-19-20(12-18)24-8-4-5-11-33(24)27(19)35/h1-7,9-10,12-14,16,23-24,34H,8,11,15H2,(H2,28,30,31)/t23-,24?/m1/s1. The summed E-state index contributed by atoms with van der Waals surface area (Å²) in [5.74, 6) is 0.994. The molecule has 9 nitrogen and oxygen atoms in total. The fraction of sp³-hybridized carbons (Fsp3) is 0.185. The molecule has 9 heteroatoms. The van der Waals surface area contributed by atoms with E-state index >= 15 is 0 Å². The lowest BCUT2D eigenvalue weighted by Gasteiger charge is -2.26. The number of carbonyl (C=O) groups is 1. The molecular weight excluding hydrogens is 456 g/mol. The molecule has 0 spiro atoms. The first-order valence-corrected chi connectivity index (χ1v) is 11.8. The maximum Gasteiger partial charge on any atom is 0.255 e. The molecule has 0 saturated heterocycles. The van der Waals surface area contributed by atoms with Crippen LogP contribution in [0.25, 0.3) is 11.5 Å². The van der Waals surface area contributed by atoms with Crippen LogP contribution in [0.5, 0.6) is 0 Å². The van der Waals surface area contributed by atoms with Crippen LogP contribution in [0.15, 0.2) is 83.8 Å². The van der Waals surface area contributed by atoms with Crippen LogP contribution in [0.3, 0.4) is 0 Å². The number of rotatable bonds is 7. The number of nitrogens with one attached hydrogen (secondary N) is 2. The number of nitrogens with zero attached hydrogens (tertiary/aromatic N) is 4. The van der Waals surface area contributed by atoms with Crippen LogP contribution in [-0.4, -0.2) is 44.2 Å². The van der Waals surface area contributed by atoms with Gasteiger partial charge in [-0.2, -0.15) is 0 Å². The Morgan fingerprint density at radius 1 is 1.11 bits per heavy atom. The molecule has 6 rings (SSSR count). The van der Waals surface area contributed by atoms with Crippen LogP contribution >= 0.6 is 0 Å². The average molecular weight is 481 g/mol. The minimum atomic E-state index is -0.348. The third-order valence-electron chi connectivity index (χ3n) is 6.59. The van der Waals surface area contributed by atoms with E-state index in [0.29, 0.717) is 29.5 Å². The summed E-state index contributed by atoms with van der Waals surface area (Å²) in [7, 11) is 0. The van der Waals surface area contributed by atoms with E-state index < -0.39 is 0 Å². The highest BCUT2D eigenvalue weighted by molar-refractivity contribution is 6.00. The monoisotopic (exact) mass is 480 g/mol. The van der Waals surface area contributed by atoms with Crippen molar-refractivity contribution < 1.29 is 14.3 Å². The zero-order valence-electron chi connectivity index (χ0n) is 19.3. The van der Waals surface area contributed by atoms with Crippen molar-refractivity contribution in [1.29, 1.82) is 0 Å². The number of amides is 1. The number of hydrogen-bond donors (Lipinski definition) is 3. The Bertz CT molecular complexity index is 1420. The lowest BCUT2D eigenvalue weighted by Crippen LogP contribution is -2.29. The molecule has 0 radical (unpaired) electrons. The second-order valence-electron chi connectivity index (χ2n) is 8.76. The van der Waals surface area contributed by atoms with Gasteiger partial charge in [0.1, 0.15) is 5.82 Å². The van der Waals surface area contributed by atoms with Crippen LogP contribution in [-0.2, 0) is 0 Å². The topological polar surface area (TPSA) is 116 Å². The van der Waals surface area contributed by atoms with Crippen LogP contribution < -0.4 is 10.6 Å². The molecular formula is C27H24N6O3. The molecule has 2 aliphatic rings. The predicted molar refractivity (Wildman–Crippen MR) is 135 cm³/mol. The molecule has 2 aromatic carbocycles. The highest BCUT2D eigenvalue weighted by Crippen LogP contribution is 2.40. The van der Waals surface area contributed by atoms with Crippen LogP contribution in [0.2, 0.25) is 0 Å². The summed E-state index contributed by atoms with van der Waals surface area (Å²) < 4.78 is 5.42. The first kappa shape index (κ1) is 22.0. The van der Waals surface area contributed by atoms with Gasteiger partial charge in [0.15, 0.2) is 0 Å². The third-order valence-corrected chi connectivity index (χ3v) is 6.59. The fourth-order valence-corrected chi connectivity index (χ4v) is 4.81. The summed E-state index contributed by atoms with van der Waals surface area (Å²) >= 11 is 0. The van der Waals surface area contributed by atoms with Crippen molar-refractivity contribution >= 4 is 23.1 Å². The van der Waals surface area contributed by atoms with Crippen LogP contribution in [0.1, 0.15) is 40.0 Å². The highest BCUT2D eigenvalue weighted by atomic mass is 16.4.